The number of halogens is 3. The van der Waals surface area contributed by atoms with Crippen molar-refractivity contribution in [2.24, 2.45) is 0 Å². The molecule has 8 heteroatoms. The number of nitrogens with one attached hydrogen (secondary N) is 1. The van der Waals surface area contributed by atoms with E-state index in [9.17, 15) is 22.8 Å². The summed E-state index contributed by atoms with van der Waals surface area (Å²) in [6, 6.07) is 13.1. The lowest BCUT2D eigenvalue weighted by Gasteiger charge is -2.09. The van der Waals surface area contributed by atoms with Crippen LogP contribution < -0.4 is 10.9 Å². The highest BCUT2D eigenvalue weighted by Crippen LogP contribution is 2.17. The Bertz CT molecular complexity index is 997. The molecule has 3 rings (SSSR count). The van der Waals surface area contributed by atoms with Gasteiger partial charge in [-0.2, -0.15) is 5.10 Å². The molecule has 1 N–H and O–H groups in total. The molecule has 0 saturated carbocycles. The average molecular weight is 359 g/mol. The maximum Gasteiger partial charge on any atom is 0.267 e. The van der Waals surface area contributed by atoms with Crippen molar-refractivity contribution in [1.29, 1.82) is 0 Å². The van der Waals surface area contributed by atoms with Gasteiger partial charge < -0.3 is 5.32 Å². The van der Waals surface area contributed by atoms with Crippen molar-refractivity contribution in [3.63, 3.8) is 0 Å². The highest BCUT2D eigenvalue weighted by molar-refractivity contribution is 5.90. The molecular weight excluding hydrogens is 347 g/mol. The average Bonchev–Trinajstić information content (AvgIpc) is 2.62. The quantitative estimate of drug-likeness (QED) is 0.729. The predicted octanol–water partition coefficient (Wildman–Crippen LogP) is 2.97. The van der Waals surface area contributed by atoms with Gasteiger partial charge in [-0.05, 0) is 6.07 Å². The van der Waals surface area contributed by atoms with E-state index in [1.807, 2.05) is 6.07 Å². The number of nitrogens with zero attached hydrogens (tertiary/aromatic N) is 2. The normalized spacial score (nSPS) is 10.6. The van der Waals surface area contributed by atoms with E-state index in [0.717, 1.165) is 10.2 Å². The molecule has 1 amide bonds. The molecule has 0 aliphatic rings. The second-order valence-electron chi connectivity index (χ2n) is 5.38. The molecule has 0 spiro atoms. The Morgan fingerprint density at radius 1 is 1.00 bits per heavy atom. The number of hydrogen-bond donors (Lipinski definition) is 1. The first kappa shape index (κ1) is 17.4. The second kappa shape index (κ2) is 7.22. The third kappa shape index (κ3) is 3.80. The summed E-state index contributed by atoms with van der Waals surface area (Å²) in [5.41, 5.74) is 0.455. The maximum atomic E-state index is 13.2. The maximum absolute atomic E-state index is 13.2. The van der Waals surface area contributed by atoms with Crippen molar-refractivity contribution >= 4 is 11.6 Å². The van der Waals surface area contributed by atoms with Crippen LogP contribution in [0.4, 0.5) is 18.9 Å². The van der Waals surface area contributed by atoms with E-state index in [4.69, 9.17) is 0 Å². The van der Waals surface area contributed by atoms with Gasteiger partial charge in [-0.25, -0.2) is 17.9 Å². The number of anilines is 1. The fourth-order valence-electron chi connectivity index (χ4n) is 2.29. The summed E-state index contributed by atoms with van der Waals surface area (Å²) < 4.78 is 40.2. The van der Waals surface area contributed by atoms with Gasteiger partial charge in [-0.15, -0.1) is 0 Å². The minimum atomic E-state index is -1.63. The molecule has 1 aromatic heterocycles. The summed E-state index contributed by atoms with van der Waals surface area (Å²) in [6.07, 6.45) is 0. The number of hydrogen-bond acceptors (Lipinski definition) is 3. The highest BCUT2D eigenvalue weighted by Gasteiger charge is 2.13. The van der Waals surface area contributed by atoms with Gasteiger partial charge in [0, 0.05) is 29.4 Å². The fraction of sp³-hybridized carbons (Fsp3) is 0.0556. The lowest BCUT2D eigenvalue weighted by molar-refractivity contribution is -0.117. The van der Waals surface area contributed by atoms with Crippen molar-refractivity contribution in [3.05, 3.63) is 82.4 Å². The van der Waals surface area contributed by atoms with Crippen LogP contribution in [0.1, 0.15) is 0 Å². The lowest BCUT2D eigenvalue weighted by Crippen LogP contribution is -2.29. The van der Waals surface area contributed by atoms with Crippen LogP contribution in [-0.2, 0) is 11.3 Å². The van der Waals surface area contributed by atoms with Gasteiger partial charge in [0.1, 0.15) is 6.54 Å². The van der Waals surface area contributed by atoms with E-state index < -0.39 is 35.5 Å². The van der Waals surface area contributed by atoms with Gasteiger partial charge in [0.25, 0.3) is 5.56 Å². The van der Waals surface area contributed by atoms with Crippen LogP contribution in [0, 0.1) is 17.5 Å². The summed E-state index contributed by atoms with van der Waals surface area (Å²) in [7, 11) is 0. The molecule has 0 fully saturated rings. The Balaban J connectivity index is 1.80. The highest BCUT2D eigenvalue weighted by atomic mass is 19.2. The number of carbonyl (C=O) groups excluding carboxylic acids is 1. The smallest absolute Gasteiger partial charge is 0.267 e. The second-order valence-corrected chi connectivity index (χ2v) is 5.38. The Labute approximate surface area is 145 Å². The molecule has 26 heavy (non-hydrogen) atoms. The number of rotatable bonds is 4. The van der Waals surface area contributed by atoms with Crippen LogP contribution in [0.15, 0.2) is 59.4 Å². The summed E-state index contributed by atoms with van der Waals surface area (Å²) in [5, 5.41) is 6.31. The van der Waals surface area contributed by atoms with Gasteiger partial charge in [-0.1, -0.05) is 30.3 Å². The van der Waals surface area contributed by atoms with Crippen molar-refractivity contribution in [3.8, 4) is 11.3 Å². The number of carbonyl (C=O) groups is 1. The third-order valence-corrected chi connectivity index (χ3v) is 3.50. The van der Waals surface area contributed by atoms with Gasteiger partial charge >= 0.3 is 0 Å². The first-order valence-corrected chi connectivity index (χ1v) is 7.52. The topological polar surface area (TPSA) is 64.0 Å². The van der Waals surface area contributed by atoms with Crippen LogP contribution in [0.5, 0.6) is 0 Å². The minimum Gasteiger partial charge on any atom is -0.324 e. The number of aromatic nitrogens is 2. The molecule has 1 heterocycles. The molecule has 0 saturated heterocycles. The Kier molecular flexibility index (Phi) is 4.83. The van der Waals surface area contributed by atoms with Gasteiger partial charge in [0.15, 0.2) is 17.5 Å². The first-order valence-electron chi connectivity index (χ1n) is 7.52. The van der Waals surface area contributed by atoms with Crippen molar-refractivity contribution < 1.29 is 18.0 Å². The molecule has 5 nitrogen and oxygen atoms in total. The monoisotopic (exact) mass is 359 g/mol. The fourth-order valence-corrected chi connectivity index (χ4v) is 2.29. The molecule has 0 radical (unpaired) electrons. The minimum absolute atomic E-state index is 0.265. The first-order chi connectivity index (χ1) is 12.4. The van der Waals surface area contributed by atoms with Crippen molar-refractivity contribution in [1.82, 2.24) is 9.78 Å². The van der Waals surface area contributed by atoms with Crippen LogP contribution >= 0.6 is 0 Å². The SMILES string of the molecule is O=C(Cn1nc(-c2ccccc2)ccc1=O)Nc1cc(F)c(F)c(F)c1. The number of amides is 1. The number of benzene rings is 2. The van der Waals surface area contributed by atoms with Crippen molar-refractivity contribution in [2.75, 3.05) is 5.32 Å². The van der Waals surface area contributed by atoms with Crippen molar-refractivity contribution in [2.45, 2.75) is 6.54 Å². The summed E-state index contributed by atoms with van der Waals surface area (Å²) >= 11 is 0. The van der Waals surface area contributed by atoms with Gasteiger partial charge in [-0.3, -0.25) is 9.59 Å². The predicted molar refractivity (Wildman–Crippen MR) is 88.9 cm³/mol. The summed E-state index contributed by atoms with van der Waals surface area (Å²) in [6.45, 7) is -0.472. The van der Waals surface area contributed by atoms with E-state index in [1.165, 1.54) is 12.1 Å². The molecule has 2 aromatic carbocycles. The van der Waals surface area contributed by atoms with Gasteiger partial charge in [0.05, 0.1) is 5.69 Å². The van der Waals surface area contributed by atoms with E-state index in [0.29, 0.717) is 17.8 Å². The van der Waals surface area contributed by atoms with E-state index >= 15 is 0 Å². The van der Waals surface area contributed by atoms with E-state index in [2.05, 4.69) is 10.4 Å². The standard InChI is InChI=1S/C18H12F3N3O2/c19-13-8-12(9-14(20)18(13)21)22-16(25)10-24-17(26)7-6-15(23-24)11-4-2-1-3-5-11/h1-9H,10H2,(H,22,25). The Morgan fingerprint density at radius 3 is 2.31 bits per heavy atom. The summed E-state index contributed by atoms with van der Waals surface area (Å²) in [4.78, 5) is 23.9. The molecule has 0 aliphatic carbocycles. The zero-order chi connectivity index (χ0) is 18.7. The lowest BCUT2D eigenvalue weighted by atomic mass is 10.1. The molecule has 132 valence electrons. The molecule has 0 atom stereocenters. The molecule has 3 aromatic rings. The Morgan fingerprint density at radius 2 is 1.65 bits per heavy atom. The van der Waals surface area contributed by atoms with Crippen LogP contribution in [0.3, 0.4) is 0 Å². The Hall–Kier alpha value is -3.42. The molecule has 0 aliphatic heterocycles. The third-order valence-electron chi connectivity index (χ3n) is 3.50. The van der Waals surface area contributed by atoms with Crippen LogP contribution in [0.2, 0.25) is 0 Å². The van der Waals surface area contributed by atoms with E-state index in [1.54, 1.807) is 24.3 Å². The molecular formula is C18H12F3N3O2. The zero-order valence-corrected chi connectivity index (χ0v) is 13.2. The summed E-state index contributed by atoms with van der Waals surface area (Å²) in [5.74, 6) is -5.23. The van der Waals surface area contributed by atoms with E-state index in [-0.39, 0.29) is 5.69 Å². The van der Waals surface area contributed by atoms with Crippen LogP contribution in [0.25, 0.3) is 11.3 Å². The van der Waals surface area contributed by atoms with Crippen LogP contribution in [-0.4, -0.2) is 15.7 Å². The zero-order valence-electron chi connectivity index (χ0n) is 13.2. The molecule has 0 bridgehead atoms. The largest absolute Gasteiger partial charge is 0.324 e. The van der Waals surface area contributed by atoms with Gasteiger partial charge in [0.2, 0.25) is 5.91 Å². The molecule has 0 unspecified atom stereocenters.